The predicted octanol–water partition coefficient (Wildman–Crippen LogP) is 2.09. The summed E-state index contributed by atoms with van der Waals surface area (Å²) in [6.07, 6.45) is 0. The summed E-state index contributed by atoms with van der Waals surface area (Å²) in [6, 6.07) is 19.0. The van der Waals surface area contributed by atoms with E-state index < -0.39 is 0 Å². The van der Waals surface area contributed by atoms with E-state index in [9.17, 15) is 0 Å². The van der Waals surface area contributed by atoms with E-state index >= 15 is 0 Å². The highest BCUT2D eigenvalue weighted by atomic mass is 15.4. The Morgan fingerprint density at radius 2 is 1.60 bits per heavy atom. The lowest BCUT2D eigenvalue weighted by Gasteiger charge is -2.33. The maximum atomic E-state index is 3.65. The summed E-state index contributed by atoms with van der Waals surface area (Å²) >= 11 is 0. The Hall–Kier alpha value is -1.68. The van der Waals surface area contributed by atoms with Gasteiger partial charge in [-0.25, -0.2) is 0 Å². The molecule has 20 heavy (non-hydrogen) atoms. The van der Waals surface area contributed by atoms with Gasteiger partial charge in [0.2, 0.25) is 0 Å². The zero-order chi connectivity index (χ0) is 13.8. The normalized spacial score (nSPS) is 17.2. The number of benzene rings is 2. The van der Waals surface area contributed by atoms with Gasteiger partial charge in [-0.3, -0.25) is 16.0 Å². The van der Waals surface area contributed by atoms with Crippen LogP contribution in [0.15, 0.2) is 54.6 Å². The predicted molar refractivity (Wildman–Crippen MR) is 82.1 cm³/mol. The van der Waals surface area contributed by atoms with E-state index in [0.29, 0.717) is 0 Å². The molecule has 3 rings (SSSR count). The Bertz CT molecular complexity index is 559. The molecule has 0 aromatic heterocycles. The second-order valence-corrected chi connectivity index (χ2v) is 5.26. The first-order valence-corrected chi connectivity index (χ1v) is 7.15. The molecular weight excluding hydrogens is 246 g/mol. The molecule has 0 bridgehead atoms. The lowest BCUT2D eigenvalue weighted by Crippen LogP contribution is -2.57. The summed E-state index contributed by atoms with van der Waals surface area (Å²) < 4.78 is 0. The molecule has 1 aliphatic heterocycles. The molecule has 1 saturated heterocycles. The maximum Gasteiger partial charge on any atom is 0.151 e. The van der Waals surface area contributed by atoms with Crippen LogP contribution in [0.25, 0.3) is 0 Å². The lowest BCUT2D eigenvalue weighted by molar-refractivity contribution is 0.260. The molecule has 0 unspecified atom stereocenters. The third kappa shape index (κ3) is 2.61. The van der Waals surface area contributed by atoms with E-state index in [0.717, 1.165) is 19.6 Å². The second-order valence-electron chi connectivity index (χ2n) is 5.26. The van der Waals surface area contributed by atoms with Crippen molar-refractivity contribution in [1.29, 1.82) is 0 Å². The van der Waals surface area contributed by atoms with Crippen LogP contribution in [-0.4, -0.2) is 13.1 Å². The zero-order valence-electron chi connectivity index (χ0n) is 11.8. The van der Waals surface area contributed by atoms with Gasteiger partial charge in [-0.15, -0.1) is 0 Å². The molecule has 2 aromatic carbocycles. The third-order valence-electron chi connectivity index (χ3n) is 3.85. The lowest BCUT2D eigenvalue weighted by atomic mass is 10.0. The summed E-state index contributed by atoms with van der Waals surface area (Å²) in [6.45, 7) is 4.92. The van der Waals surface area contributed by atoms with Crippen molar-refractivity contribution in [2.75, 3.05) is 13.1 Å². The van der Waals surface area contributed by atoms with Crippen molar-refractivity contribution in [3.05, 3.63) is 71.3 Å². The van der Waals surface area contributed by atoms with Crippen LogP contribution in [0.5, 0.6) is 0 Å². The zero-order valence-corrected chi connectivity index (χ0v) is 11.8. The molecule has 0 spiro atoms. The molecule has 3 nitrogen and oxygen atoms in total. The van der Waals surface area contributed by atoms with E-state index in [1.165, 1.54) is 16.7 Å². The van der Waals surface area contributed by atoms with Crippen LogP contribution in [0.1, 0.15) is 16.7 Å². The molecule has 2 aromatic rings. The van der Waals surface area contributed by atoms with Crippen molar-refractivity contribution in [2.24, 2.45) is 0 Å². The van der Waals surface area contributed by atoms with E-state index in [1.807, 2.05) is 6.07 Å². The summed E-state index contributed by atoms with van der Waals surface area (Å²) in [5.74, 6) is -0.318. The van der Waals surface area contributed by atoms with Crippen LogP contribution < -0.4 is 16.0 Å². The second kappa shape index (κ2) is 5.75. The Morgan fingerprint density at radius 1 is 0.950 bits per heavy atom. The van der Waals surface area contributed by atoms with Crippen molar-refractivity contribution in [1.82, 2.24) is 16.0 Å². The smallest absolute Gasteiger partial charge is 0.151 e. The molecule has 0 aliphatic carbocycles. The summed E-state index contributed by atoms with van der Waals surface area (Å²) in [7, 11) is 0. The first-order chi connectivity index (χ1) is 9.80. The first kappa shape index (κ1) is 13.3. The highest BCUT2D eigenvalue weighted by molar-refractivity contribution is 5.33. The highest BCUT2D eigenvalue weighted by Crippen LogP contribution is 2.22. The van der Waals surface area contributed by atoms with Crippen molar-refractivity contribution >= 4 is 0 Å². The van der Waals surface area contributed by atoms with Gasteiger partial charge in [0.25, 0.3) is 0 Å². The quantitative estimate of drug-likeness (QED) is 0.794. The van der Waals surface area contributed by atoms with Gasteiger partial charge in [0, 0.05) is 25.2 Å². The average molecular weight is 267 g/mol. The van der Waals surface area contributed by atoms with E-state index in [2.05, 4.69) is 71.4 Å². The van der Waals surface area contributed by atoms with Crippen LogP contribution >= 0.6 is 0 Å². The fourth-order valence-corrected chi connectivity index (χ4v) is 2.80. The molecule has 0 atom stereocenters. The minimum Gasteiger partial charge on any atom is -0.282 e. The Morgan fingerprint density at radius 3 is 2.30 bits per heavy atom. The number of aryl methyl sites for hydroxylation is 1. The molecule has 1 heterocycles. The van der Waals surface area contributed by atoms with Gasteiger partial charge in [0.1, 0.15) is 0 Å². The maximum absolute atomic E-state index is 3.65. The minimum atomic E-state index is -0.318. The van der Waals surface area contributed by atoms with Gasteiger partial charge < -0.3 is 0 Å². The Balaban J connectivity index is 1.84. The molecule has 3 heteroatoms. The standard InChI is InChI=1S/C17H21N3/c1-14-7-5-6-10-16(14)17(18-11-12-19-17)20-13-15-8-3-2-4-9-15/h2-10,18-20H,11-13H2,1H3. The van der Waals surface area contributed by atoms with Gasteiger partial charge in [0.15, 0.2) is 5.79 Å². The minimum absolute atomic E-state index is 0.318. The van der Waals surface area contributed by atoms with Crippen LogP contribution in [-0.2, 0) is 12.3 Å². The van der Waals surface area contributed by atoms with Gasteiger partial charge in [-0.2, -0.15) is 0 Å². The number of rotatable bonds is 4. The third-order valence-corrected chi connectivity index (χ3v) is 3.85. The summed E-state index contributed by atoms with van der Waals surface area (Å²) in [4.78, 5) is 0. The molecule has 3 N–H and O–H groups in total. The molecule has 0 amide bonds. The van der Waals surface area contributed by atoms with Crippen molar-refractivity contribution in [3.8, 4) is 0 Å². The van der Waals surface area contributed by atoms with Crippen LogP contribution in [0.3, 0.4) is 0 Å². The molecule has 0 radical (unpaired) electrons. The number of hydrogen-bond acceptors (Lipinski definition) is 3. The van der Waals surface area contributed by atoms with Crippen molar-refractivity contribution in [2.45, 2.75) is 19.3 Å². The highest BCUT2D eigenvalue weighted by Gasteiger charge is 2.35. The van der Waals surface area contributed by atoms with Crippen LogP contribution in [0.4, 0.5) is 0 Å². The first-order valence-electron chi connectivity index (χ1n) is 7.15. The molecule has 104 valence electrons. The Labute approximate surface area is 120 Å². The fraction of sp³-hybridized carbons (Fsp3) is 0.294. The number of nitrogens with one attached hydrogen (secondary N) is 3. The molecule has 0 saturated carbocycles. The van der Waals surface area contributed by atoms with Gasteiger partial charge >= 0.3 is 0 Å². The van der Waals surface area contributed by atoms with Crippen LogP contribution in [0, 0.1) is 6.92 Å². The molecule has 1 fully saturated rings. The van der Waals surface area contributed by atoms with E-state index in [1.54, 1.807) is 0 Å². The molecular formula is C17H21N3. The van der Waals surface area contributed by atoms with Gasteiger partial charge in [0.05, 0.1) is 0 Å². The monoisotopic (exact) mass is 267 g/mol. The Kier molecular flexibility index (Phi) is 3.83. The van der Waals surface area contributed by atoms with Crippen molar-refractivity contribution < 1.29 is 0 Å². The summed E-state index contributed by atoms with van der Waals surface area (Å²) in [5.41, 5.74) is 3.85. The topological polar surface area (TPSA) is 36.1 Å². The average Bonchev–Trinajstić information content (AvgIpc) is 2.97. The van der Waals surface area contributed by atoms with E-state index in [4.69, 9.17) is 0 Å². The van der Waals surface area contributed by atoms with Crippen LogP contribution in [0.2, 0.25) is 0 Å². The molecule has 1 aliphatic rings. The van der Waals surface area contributed by atoms with Crippen molar-refractivity contribution in [3.63, 3.8) is 0 Å². The van der Waals surface area contributed by atoms with Gasteiger partial charge in [-0.05, 0) is 18.1 Å². The number of hydrogen-bond donors (Lipinski definition) is 3. The SMILES string of the molecule is Cc1ccccc1C1(NCc2ccccc2)NCCN1. The fourth-order valence-electron chi connectivity index (χ4n) is 2.80. The van der Waals surface area contributed by atoms with E-state index in [-0.39, 0.29) is 5.79 Å². The largest absolute Gasteiger partial charge is 0.282 e. The summed E-state index contributed by atoms with van der Waals surface area (Å²) in [5, 5.41) is 10.8. The van der Waals surface area contributed by atoms with Gasteiger partial charge in [-0.1, -0.05) is 54.6 Å².